The predicted molar refractivity (Wildman–Crippen MR) is 37.9 cm³/mol. The summed E-state index contributed by atoms with van der Waals surface area (Å²) in [5.41, 5.74) is 5.14. The monoisotopic (exact) mass is 125 g/mol. The topological polar surface area (TPSA) is 12.0 Å². The van der Waals surface area contributed by atoms with Gasteiger partial charge in [-0.15, -0.1) is 23.9 Å². The van der Waals surface area contributed by atoms with Gasteiger partial charge in [-0.1, -0.05) is 0 Å². The molecule has 0 unspecified atom stereocenters. The number of rotatable bonds is 2. The summed E-state index contributed by atoms with van der Waals surface area (Å²) in [4.78, 5) is 0. The van der Waals surface area contributed by atoms with Crippen LogP contribution in [0.4, 0.5) is 0 Å². The zero-order valence-corrected chi connectivity index (χ0v) is 6.90. The maximum Gasteiger partial charge on any atom is 0.170 e. The molecule has 0 aromatic heterocycles. The van der Waals surface area contributed by atoms with E-state index in [2.05, 4.69) is 15.7 Å². The highest BCUT2D eigenvalue weighted by molar-refractivity contribution is 6.60. The van der Waals surface area contributed by atoms with Crippen molar-refractivity contribution in [3.63, 3.8) is 0 Å². The molecule has 0 aromatic carbocycles. The van der Waals surface area contributed by atoms with Crippen molar-refractivity contribution >= 4 is 19.4 Å². The van der Waals surface area contributed by atoms with Crippen molar-refractivity contribution < 1.29 is 0 Å². The standard InChI is InChI=1S/C4H7NSi2/c1-3-6-5-7-4-2/h1-2,5H,6-7H2. The summed E-state index contributed by atoms with van der Waals surface area (Å²) in [5.74, 6) is 0. The van der Waals surface area contributed by atoms with Gasteiger partial charge in [0.25, 0.3) is 0 Å². The van der Waals surface area contributed by atoms with E-state index >= 15 is 0 Å². The summed E-state index contributed by atoms with van der Waals surface area (Å²) in [6, 6.07) is 0. The van der Waals surface area contributed by atoms with Gasteiger partial charge < -0.3 is 4.65 Å². The molecule has 0 fully saturated rings. The molecule has 0 amide bonds. The molecule has 0 aromatic rings. The van der Waals surface area contributed by atoms with Crippen LogP contribution in [-0.2, 0) is 0 Å². The second-order valence-electron chi connectivity index (χ2n) is 1.01. The van der Waals surface area contributed by atoms with E-state index in [1.807, 2.05) is 0 Å². The summed E-state index contributed by atoms with van der Waals surface area (Å²) in [6.45, 7) is 0. The number of hydrogen-bond acceptors (Lipinski definition) is 1. The van der Waals surface area contributed by atoms with Crippen LogP contribution in [0.25, 0.3) is 0 Å². The third-order valence-corrected chi connectivity index (χ3v) is 2.86. The van der Waals surface area contributed by atoms with Gasteiger partial charge in [0, 0.05) is 0 Å². The summed E-state index contributed by atoms with van der Waals surface area (Å²) < 4.78 is 3.09. The van der Waals surface area contributed by atoms with Crippen LogP contribution in [0.1, 0.15) is 0 Å². The average molecular weight is 125 g/mol. The Kier molecular flexibility index (Phi) is 5.13. The first-order chi connectivity index (χ1) is 3.41. The van der Waals surface area contributed by atoms with Crippen LogP contribution in [0.2, 0.25) is 0 Å². The molecule has 0 aliphatic rings. The van der Waals surface area contributed by atoms with Crippen LogP contribution in [0.15, 0.2) is 0 Å². The molecule has 0 aliphatic heterocycles. The Hall–Kier alpha value is -0.486. The van der Waals surface area contributed by atoms with Crippen molar-refractivity contribution in [2.45, 2.75) is 0 Å². The van der Waals surface area contributed by atoms with Crippen molar-refractivity contribution in [2.75, 3.05) is 0 Å². The van der Waals surface area contributed by atoms with Crippen LogP contribution in [0.5, 0.6) is 0 Å². The summed E-state index contributed by atoms with van der Waals surface area (Å²) in [5, 5.41) is 0. The highest BCUT2D eigenvalue weighted by Gasteiger charge is 1.73. The molecule has 0 bridgehead atoms. The second kappa shape index (κ2) is 5.51. The molecule has 0 rings (SSSR count). The van der Waals surface area contributed by atoms with Crippen LogP contribution >= 0.6 is 0 Å². The molecule has 0 radical (unpaired) electrons. The Morgan fingerprint density at radius 3 is 1.86 bits per heavy atom. The van der Waals surface area contributed by atoms with Gasteiger partial charge >= 0.3 is 0 Å². The lowest BCUT2D eigenvalue weighted by molar-refractivity contribution is 1.63. The minimum atomic E-state index is -0.392. The molecule has 0 spiro atoms. The van der Waals surface area contributed by atoms with Gasteiger partial charge in [-0.25, -0.2) is 0 Å². The SMILES string of the molecule is C#C[SiH2]N[SiH2]C#C. The van der Waals surface area contributed by atoms with Gasteiger partial charge in [0.15, 0.2) is 19.4 Å². The van der Waals surface area contributed by atoms with E-state index < -0.39 is 19.4 Å². The molecule has 0 aliphatic carbocycles. The fraction of sp³-hybridized carbons (Fsp3) is 0. The Morgan fingerprint density at radius 2 is 1.57 bits per heavy atom. The fourth-order valence-electron chi connectivity index (χ4n) is 0.207. The van der Waals surface area contributed by atoms with E-state index in [1.165, 1.54) is 0 Å². The number of terminal acetylenes is 2. The molecule has 0 saturated carbocycles. The highest BCUT2D eigenvalue weighted by Crippen LogP contribution is 1.42. The predicted octanol–water partition coefficient (Wildman–Crippen LogP) is -2.08. The molecule has 36 valence electrons. The smallest absolute Gasteiger partial charge is 0.170 e. The number of hydrogen-bond donors (Lipinski definition) is 1. The van der Waals surface area contributed by atoms with Crippen LogP contribution in [-0.4, -0.2) is 19.4 Å². The maximum absolute atomic E-state index is 4.97. The summed E-state index contributed by atoms with van der Waals surface area (Å²) in [6.07, 6.45) is 9.94. The molecule has 3 heteroatoms. The van der Waals surface area contributed by atoms with E-state index in [0.29, 0.717) is 0 Å². The van der Waals surface area contributed by atoms with Crippen molar-refractivity contribution in [3.8, 4) is 23.9 Å². The molecule has 7 heavy (non-hydrogen) atoms. The van der Waals surface area contributed by atoms with Crippen molar-refractivity contribution in [3.05, 3.63) is 0 Å². The van der Waals surface area contributed by atoms with Gasteiger partial charge in [0.2, 0.25) is 0 Å². The Bertz CT molecular complexity index is 93.8. The molecule has 1 N–H and O–H groups in total. The van der Waals surface area contributed by atoms with Gasteiger partial charge in [-0.2, -0.15) is 0 Å². The highest BCUT2D eigenvalue weighted by atomic mass is 28.3. The van der Waals surface area contributed by atoms with Gasteiger partial charge in [0.1, 0.15) is 0 Å². The normalized spacial score (nSPS) is 10.0. The first kappa shape index (κ1) is 6.51. The largest absolute Gasteiger partial charge is 0.350 e. The first-order valence-corrected chi connectivity index (χ1v) is 4.82. The van der Waals surface area contributed by atoms with E-state index in [1.54, 1.807) is 0 Å². The minimum Gasteiger partial charge on any atom is -0.350 e. The Labute approximate surface area is 48.7 Å². The van der Waals surface area contributed by atoms with E-state index in [0.717, 1.165) is 0 Å². The van der Waals surface area contributed by atoms with Crippen LogP contribution in [0, 0.1) is 23.9 Å². The zero-order valence-electron chi connectivity index (χ0n) is 4.07. The minimum absolute atomic E-state index is 0.392. The quantitative estimate of drug-likeness (QED) is 0.254. The van der Waals surface area contributed by atoms with Gasteiger partial charge in [-0.3, -0.25) is 0 Å². The van der Waals surface area contributed by atoms with Crippen LogP contribution in [0.3, 0.4) is 0 Å². The van der Waals surface area contributed by atoms with E-state index in [9.17, 15) is 0 Å². The average Bonchev–Trinajstić information content (AvgIpc) is 1.69. The van der Waals surface area contributed by atoms with Crippen molar-refractivity contribution in [2.24, 2.45) is 0 Å². The van der Waals surface area contributed by atoms with Gasteiger partial charge in [-0.05, 0) is 0 Å². The Balaban J connectivity index is 2.77. The lowest BCUT2D eigenvalue weighted by Crippen LogP contribution is -2.20. The van der Waals surface area contributed by atoms with Crippen molar-refractivity contribution in [1.82, 2.24) is 4.65 Å². The Morgan fingerprint density at radius 1 is 1.14 bits per heavy atom. The van der Waals surface area contributed by atoms with E-state index in [4.69, 9.17) is 12.8 Å². The number of nitrogens with one attached hydrogen (secondary N) is 1. The molecular weight excluding hydrogens is 118 g/mol. The van der Waals surface area contributed by atoms with Gasteiger partial charge in [0.05, 0.1) is 0 Å². The zero-order chi connectivity index (χ0) is 5.54. The first-order valence-electron chi connectivity index (χ1n) is 1.99. The van der Waals surface area contributed by atoms with Crippen LogP contribution < -0.4 is 4.65 Å². The third-order valence-electron chi connectivity index (χ3n) is 0.454. The molecule has 1 nitrogen and oxygen atoms in total. The fourth-order valence-corrected chi connectivity index (χ4v) is 1.86. The molecule has 0 saturated heterocycles. The summed E-state index contributed by atoms with van der Waals surface area (Å²) in [7, 11) is -0.785. The van der Waals surface area contributed by atoms with Crippen molar-refractivity contribution in [1.29, 1.82) is 0 Å². The lowest BCUT2D eigenvalue weighted by Gasteiger charge is -1.83. The third kappa shape index (κ3) is 5.51. The molecule has 0 atom stereocenters. The summed E-state index contributed by atoms with van der Waals surface area (Å²) >= 11 is 0. The lowest BCUT2D eigenvalue weighted by atomic mass is 11.4. The molecular formula is C4H7NSi2. The van der Waals surface area contributed by atoms with E-state index in [-0.39, 0.29) is 0 Å². The maximum atomic E-state index is 4.97. The second-order valence-corrected chi connectivity index (χ2v) is 4.54. The molecule has 0 heterocycles.